The van der Waals surface area contributed by atoms with Crippen LogP contribution in [0.5, 0.6) is 0 Å². The molecule has 2 amide bonds. The number of hydrogen-bond donors (Lipinski definition) is 2. The van der Waals surface area contributed by atoms with Crippen LogP contribution in [-0.2, 0) is 11.3 Å². The molecule has 0 radical (unpaired) electrons. The summed E-state index contributed by atoms with van der Waals surface area (Å²) in [7, 11) is 1.36. The van der Waals surface area contributed by atoms with Crippen LogP contribution in [0.1, 0.15) is 22.3 Å². The Morgan fingerprint density at radius 3 is 2.47 bits per heavy atom. The molecule has 3 N–H and O–H groups in total. The minimum absolute atomic E-state index is 0.0796. The molecular formula is C33H37N7O3. The van der Waals surface area contributed by atoms with Crippen LogP contribution in [0, 0.1) is 0 Å². The molecule has 4 aromatic rings. The first-order chi connectivity index (χ1) is 21.1. The Balaban J connectivity index is 1.36. The van der Waals surface area contributed by atoms with Crippen molar-refractivity contribution in [3.05, 3.63) is 103 Å². The smallest absolute Gasteiger partial charge is 0.411 e. The second-order valence-electron chi connectivity index (χ2n) is 10.3. The maximum absolute atomic E-state index is 13.3. The summed E-state index contributed by atoms with van der Waals surface area (Å²) in [6.45, 7) is 4.68. The third-order valence-corrected chi connectivity index (χ3v) is 7.47. The zero-order chi connectivity index (χ0) is 30.0. The van der Waals surface area contributed by atoms with Gasteiger partial charge in [-0.05, 0) is 72.1 Å². The van der Waals surface area contributed by atoms with E-state index in [0.29, 0.717) is 37.3 Å². The molecule has 5 rings (SSSR count). The van der Waals surface area contributed by atoms with Crippen molar-refractivity contribution in [1.29, 1.82) is 0 Å². The normalized spacial score (nSPS) is 13.0. The number of benzene rings is 2. The van der Waals surface area contributed by atoms with Crippen LogP contribution >= 0.6 is 0 Å². The molecule has 2 aromatic carbocycles. The predicted octanol–water partition coefficient (Wildman–Crippen LogP) is 4.64. The molecular weight excluding hydrogens is 542 g/mol. The van der Waals surface area contributed by atoms with Gasteiger partial charge in [0, 0.05) is 57.9 Å². The lowest BCUT2D eigenvalue weighted by molar-refractivity contribution is 0.0741. The van der Waals surface area contributed by atoms with Gasteiger partial charge in [-0.25, -0.2) is 9.78 Å². The zero-order valence-electron chi connectivity index (χ0n) is 24.4. The van der Waals surface area contributed by atoms with Gasteiger partial charge in [0.2, 0.25) is 0 Å². The summed E-state index contributed by atoms with van der Waals surface area (Å²) in [5.74, 6) is 0.887. The van der Waals surface area contributed by atoms with E-state index in [4.69, 9.17) is 10.5 Å². The summed E-state index contributed by atoms with van der Waals surface area (Å²) in [5.41, 5.74) is 10.8. The van der Waals surface area contributed by atoms with Crippen LogP contribution in [0.15, 0.2) is 91.4 Å². The molecule has 10 heteroatoms. The number of carbonyl (C=O) groups excluding carboxylic acids is 2. The molecule has 43 heavy (non-hydrogen) atoms. The lowest BCUT2D eigenvalue weighted by atomic mass is 10.0. The van der Waals surface area contributed by atoms with Crippen LogP contribution in [0.25, 0.3) is 11.1 Å². The number of amides is 2. The Hall–Kier alpha value is -4.96. The zero-order valence-corrected chi connectivity index (χ0v) is 24.4. The molecule has 10 nitrogen and oxygen atoms in total. The van der Waals surface area contributed by atoms with Crippen molar-refractivity contribution in [2.45, 2.75) is 13.0 Å². The summed E-state index contributed by atoms with van der Waals surface area (Å²) >= 11 is 0. The number of carbonyl (C=O) groups is 2. The van der Waals surface area contributed by atoms with E-state index in [0.717, 1.165) is 54.4 Å². The summed E-state index contributed by atoms with van der Waals surface area (Å²) in [4.78, 5) is 40.5. The van der Waals surface area contributed by atoms with E-state index in [2.05, 4.69) is 37.2 Å². The summed E-state index contributed by atoms with van der Waals surface area (Å²) in [6, 6.07) is 23.7. The first-order valence-corrected chi connectivity index (χ1v) is 14.4. The van der Waals surface area contributed by atoms with E-state index in [1.54, 1.807) is 29.4 Å². The average Bonchev–Trinajstić information content (AvgIpc) is 3.07. The van der Waals surface area contributed by atoms with E-state index in [1.165, 1.54) is 7.11 Å². The number of methoxy groups -OCH3 is 1. The molecule has 1 aliphatic heterocycles. The number of nitrogens with zero attached hydrogens (tertiary/aromatic N) is 5. The minimum atomic E-state index is -0.524. The molecule has 0 saturated carbocycles. The lowest BCUT2D eigenvalue weighted by Crippen LogP contribution is -2.47. The van der Waals surface area contributed by atoms with Crippen molar-refractivity contribution < 1.29 is 14.3 Å². The monoisotopic (exact) mass is 579 g/mol. The van der Waals surface area contributed by atoms with Crippen molar-refractivity contribution in [2.24, 2.45) is 5.73 Å². The second-order valence-corrected chi connectivity index (χ2v) is 10.3. The largest absolute Gasteiger partial charge is 0.453 e. The molecule has 222 valence electrons. The number of ether oxygens (including phenoxy) is 1. The topological polar surface area (TPSA) is 117 Å². The van der Waals surface area contributed by atoms with E-state index in [1.807, 2.05) is 54.7 Å². The van der Waals surface area contributed by atoms with Crippen molar-refractivity contribution in [2.75, 3.05) is 61.5 Å². The van der Waals surface area contributed by atoms with E-state index >= 15 is 0 Å². The SMILES string of the molecule is COC(=O)Nc1cc(-c2cccc(CN(CCCN)C(=O)c3cccnc3)c2)ccc1N1CCN(c2ccccn2)CC1. The fraction of sp³-hybridized carbons (Fsp3) is 0.273. The number of nitrogens with one attached hydrogen (secondary N) is 1. The quantitative estimate of drug-likeness (QED) is 0.279. The number of piperazine rings is 1. The highest BCUT2D eigenvalue weighted by molar-refractivity contribution is 5.94. The third kappa shape index (κ3) is 7.47. The molecule has 0 spiro atoms. The van der Waals surface area contributed by atoms with Gasteiger partial charge in [0.1, 0.15) is 5.82 Å². The molecule has 1 fully saturated rings. The first kappa shape index (κ1) is 29.5. The second kappa shape index (κ2) is 14.3. The first-order valence-electron chi connectivity index (χ1n) is 14.4. The van der Waals surface area contributed by atoms with Crippen molar-refractivity contribution in [3.8, 4) is 11.1 Å². The maximum Gasteiger partial charge on any atom is 0.411 e. The average molecular weight is 580 g/mol. The summed E-state index contributed by atoms with van der Waals surface area (Å²) in [5, 5.41) is 2.91. The van der Waals surface area contributed by atoms with E-state index < -0.39 is 6.09 Å². The number of pyridine rings is 2. The minimum Gasteiger partial charge on any atom is -0.453 e. The van der Waals surface area contributed by atoms with Gasteiger partial charge in [-0.1, -0.05) is 30.3 Å². The van der Waals surface area contributed by atoms with Gasteiger partial charge in [-0.2, -0.15) is 0 Å². The fourth-order valence-corrected chi connectivity index (χ4v) is 5.25. The Morgan fingerprint density at radius 1 is 0.930 bits per heavy atom. The fourth-order valence-electron chi connectivity index (χ4n) is 5.25. The Labute approximate surface area is 252 Å². The van der Waals surface area contributed by atoms with Gasteiger partial charge in [-0.3, -0.25) is 15.1 Å². The molecule has 1 saturated heterocycles. The van der Waals surface area contributed by atoms with Gasteiger partial charge in [0.25, 0.3) is 5.91 Å². The maximum atomic E-state index is 13.3. The number of hydrogen-bond acceptors (Lipinski definition) is 8. The van der Waals surface area contributed by atoms with Crippen LogP contribution in [0.3, 0.4) is 0 Å². The molecule has 0 bridgehead atoms. The molecule has 0 atom stereocenters. The highest BCUT2D eigenvalue weighted by atomic mass is 16.5. The van der Waals surface area contributed by atoms with Crippen LogP contribution < -0.4 is 20.9 Å². The molecule has 0 aliphatic carbocycles. The number of anilines is 3. The molecule has 3 heterocycles. The molecule has 1 aliphatic rings. The Kier molecular flexibility index (Phi) is 9.81. The number of aromatic nitrogens is 2. The number of nitrogens with two attached hydrogens (primary N) is 1. The third-order valence-electron chi connectivity index (χ3n) is 7.47. The van der Waals surface area contributed by atoms with Gasteiger partial charge in [0.15, 0.2) is 0 Å². The molecule has 0 unspecified atom stereocenters. The van der Waals surface area contributed by atoms with Crippen LogP contribution in [0.4, 0.5) is 22.0 Å². The lowest BCUT2D eigenvalue weighted by Gasteiger charge is -2.37. The Morgan fingerprint density at radius 2 is 1.74 bits per heavy atom. The summed E-state index contributed by atoms with van der Waals surface area (Å²) < 4.78 is 4.94. The van der Waals surface area contributed by atoms with Gasteiger partial charge in [-0.15, -0.1) is 0 Å². The van der Waals surface area contributed by atoms with E-state index in [-0.39, 0.29) is 5.91 Å². The highest BCUT2D eigenvalue weighted by Gasteiger charge is 2.22. The van der Waals surface area contributed by atoms with Crippen molar-refractivity contribution in [1.82, 2.24) is 14.9 Å². The highest BCUT2D eigenvalue weighted by Crippen LogP contribution is 2.33. The van der Waals surface area contributed by atoms with Crippen LogP contribution in [0.2, 0.25) is 0 Å². The Bertz CT molecular complexity index is 1510. The summed E-state index contributed by atoms with van der Waals surface area (Å²) in [6.07, 6.45) is 5.23. The van der Waals surface area contributed by atoms with Crippen molar-refractivity contribution in [3.63, 3.8) is 0 Å². The van der Waals surface area contributed by atoms with Gasteiger partial charge >= 0.3 is 6.09 Å². The number of rotatable bonds is 10. The van der Waals surface area contributed by atoms with Crippen molar-refractivity contribution >= 4 is 29.2 Å². The van der Waals surface area contributed by atoms with Crippen LogP contribution in [-0.4, -0.2) is 73.2 Å². The van der Waals surface area contributed by atoms with E-state index in [9.17, 15) is 9.59 Å². The van der Waals surface area contributed by atoms with Gasteiger partial charge in [0.05, 0.1) is 24.0 Å². The molecule has 2 aromatic heterocycles. The standard InChI is InChI=1S/C33H37N7O3/c1-43-33(42)37-29-22-27(11-12-30(29)38-17-19-39(20-18-38)31-10-2-3-15-36-31)26-8-4-7-25(21-26)24-40(16-6-13-34)32(41)28-9-5-14-35-23-28/h2-5,7-12,14-15,21-23H,6,13,16-20,24,34H2,1H3,(H,37,42). The predicted molar refractivity (Wildman–Crippen MR) is 169 cm³/mol. The van der Waals surface area contributed by atoms with Gasteiger partial charge < -0.3 is 25.2 Å².